The molecule has 2 rings (SSSR count). The quantitative estimate of drug-likeness (QED) is 0.876. The van der Waals surface area contributed by atoms with Gasteiger partial charge in [0, 0.05) is 0 Å². The molecule has 0 fully saturated rings. The predicted molar refractivity (Wildman–Crippen MR) is 75.6 cm³/mol. The van der Waals surface area contributed by atoms with Crippen LogP contribution in [0, 0.1) is 6.92 Å². The Balaban J connectivity index is 2.37. The summed E-state index contributed by atoms with van der Waals surface area (Å²) in [7, 11) is -2.33. The number of sulfonamides is 1. The van der Waals surface area contributed by atoms with Crippen LogP contribution >= 0.6 is 11.6 Å². The zero-order valence-electron chi connectivity index (χ0n) is 10.8. The van der Waals surface area contributed by atoms with Crippen LogP contribution in [0.4, 0.5) is 5.69 Å². The molecule has 1 aromatic heterocycles. The highest BCUT2D eigenvalue weighted by molar-refractivity contribution is 7.92. The molecule has 0 aliphatic heterocycles. The molecule has 0 aliphatic rings. The summed E-state index contributed by atoms with van der Waals surface area (Å²) in [4.78, 5) is 7.22. The number of rotatable bonds is 4. The van der Waals surface area contributed by atoms with Gasteiger partial charge >= 0.3 is 0 Å². The van der Waals surface area contributed by atoms with Crippen molar-refractivity contribution < 1.29 is 13.2 Å². The van der Waals surface area contributed by atoms with Gasteiger partial charge in [-0.2, -0.15) is 0 Å². The Morgan fingerprint density at radius 2 is 1.90 bits per heavy atom. The molecular formula is C12H12ClN3O3S. The van der Waals surface area contributed by atoms with Gasteiger partial charge in [-0.15, -0.1) is 0 Å². The normalized spacial score (nSPS) is 11.2. The Labute approximate surface area is 121 Å². The third-order valence-electron chi connectivity index (χ3n) is 2.51. The highest BCUT2D eigenvalue weighted by Crippen LogP contribution is 2.27. The van der Waals surface area contributed by atoms with E-state index < -0.39 is 10.0 Å². The van der Waals surface area contributed by atoms with Gasteiger partial charge in [-0.05, 0) is 36.2 Å². The average Bonchev–Trinajstić information content (AvgIpc) is 2.39. The van der Waals surface area contributed by atoms with E-state index >= 15 is 0 Å². The lowest BCUT2D eigenvalue weighted by molar-refractivity contribution is 0.417. The predicted octanol–water partition coefficient (Wildman–Crippen LogP) is 2.25. The lowest BCUT2D eigenvalue weighted by Gasteiger charge is -2.12. The highest BCUT2D eigenvalue weighted by Gasteiger charge is 2.17. The molecule has 0 amide bonds. The van der Waals surface area contributed by atoms with E-state index in [4.69, 9.17) is 16.3 Å². The molecule has 1 N–H and O–H groups in total. The third-order valence-corrected chi connectivity index (χ3v) is 4.02. The first-order valence-electron chi connectivity index (χ1n) is 5.57. The summed E-state index contributed by atoms with van der Waals surface area (Å²) in [5, 5.41) is -0.0166. The number of benzene rings is 1. The van der Waals surface area contributed by atoms with Crippen molar-refractivity contribution >= 4 is 27.3 Å². The zero-order chi connectivity index (χ0) is 14.8. The second-order valence-electron chi connectivity index (χ2n) is 4.00. The van der Waals surface area contributed by atoms with Crippen LogP contribution in [0.3, 0.4) is 0 Å². The van der Waals surface area contributed by atoms with E-state index in [0.29, 0.717) is 11.4 Å². The number of aryl methyl sites for hydroxylation is 1. The maximum atomic E-state index is 12.2. The van der Waals surface area contributed by atoms with E-state index in [0.717, 1.165) is 18.0 Å². The molecule has 20 heavy (non-hydrogen) atoms. The van der Waals surface area contributed by atoms with Crippen LogP contribution < -0.4 is 9.46 Å². The highest BCUT2D eigenvalue weighted by atomic mass is 35.5. The first-order valence-corrected chi connectivity index (χ1v) is 7.43. The fourth-order valence-electron chi connectivity index (χ4n) is 1.54. The monoisotopic (exact) mass is 313 g/mol. The van der Waals surface area contributed by atoms with Gasteiger partial charge in [0.1, 0.15) is 10.6 Å². The maximum absolute atomic E-state index is 12.2. The lowest BCUT2D eigenvalue weighted by atomic mass is 10.2. The van der Waals surface area contributed by atoms with Crippen LogP contribution in [0.15, 0.2) is 35.5 Å². The molecular weight excluding hydrogens is 302 g/mol. The molecule has 1 aromatic carbocycles. The third kappa shape index (κ3) is 3.17. The number of ether oxygens (including phenoxy) is 1. The summed E-state index contributed by atoms with van der Waals surface area (Å²) in [5.41, 5.74) is 1.25. The molecule has 0 radical (unpaired) electrons. The van der Waals surface area contributed by atoms with Gasteiger partial charge in [0.15, 0.2) is 0 Å². The van der Waals surface area contributed by atoms with E-state index in [1.807, 2.05) is 13.0 Å². The van der Waals surface area contributed by atoms with E-state index in [9.17, 15) is 8.42 Å². The van der Waals surface area contributed by atoms with Crippen LogP contribution in [-0.2, 0) is 10.0 Å². The molecule has 0 atom stereocenters. The number of methoxy groups -OCH3 is 1. The fourth-order valence-corrected chi connectivity index (χ4v) is 2.59. The Morgan fingerprint density at radius 1 is 1.25 bits per heavy atom. The first-order chi connectivity index (χ1) is 9.42. The molecule has 0 spiro atoms. The van der Waals surface area contributed by atoms with Crippen molar-refractivity contribution in [2.45, 2.75) is 11.8 Å². The Hall–Kier alpha value is -1.86. The summed E-state index contributed by atoms with van der Waals surface area (Å²) in [6.07, 6.45) is 2.28. The second-order valence-corrected chi connectivity index (χ2v) is 6.02. The largest absolute Gasteiger partial charge is 0.495 e. The summed E-state index contributed by atoms with van der Waals surface area (Å²) in [6.45, 7) is 1.85. The number of hydrogen-bond donors (Lipinski definition) is 1. The minimum Gasteiger partial charge on any atom is -0.495 e. The van der Waals surface area contributed by atoms with E-state index in [-0.39, 0.29) is 10.2 Å². The topological polar surface area (TPSA) is 81.2 Å². The van der Waals surface area contributed by atoms with Gasteiger partial charge in [-0.25, -0.2) is 18.4 Å². The second kappa shape index (κ2) is 5.64. The molecule has 0 saturated carbocycles. The Morgan fingerprint density at radius 3 is 2.50 bits per heavy atom. The lowest BCUT2D eigenvalue weighted by Crippen LogP contribution is -2.14. The minimum atomic E-state index is -3.79. The number of aromatic nitrogens is 2. The van der Waals surface area contributed by atoms with Gasteiger partial charge < -0.3 is 4.74 Å². The van der Waals surface area contributed by atoms with Crippen LogP contribution in [-0.4, -0.2) is 25.5 Å². The van der Waals surface area contributed by atoms with Crippen molar-refractivity contribution in [2.75, 3.05) is 11.8 Å². The fraction of sp³-hybridized carbons (Fsp3) is 0.167. The van der Waals surface area contributed by atoms with Crippen LogP contribution in [0.5, 0.6) is 5.75 Å². The Bertz CT molecular complexity index is 717. The first kappa shape index (κ1) is 14.5. The van der Waals surface area contributed by atoms with Crippen molar-refractivity contribution in [1.82, 2.24) is 9.97 Å². The molecule has 0 bridgehead atoms. The van der Waals surface area contributed by atoms with Gasteiger partial charge in [0.25, 0.3) is 10.0 Å². The summed E-state index contributed by atoms with van der Waals surface area (Å²) in [5.74, 6) is 0.425. The Kier molecular flexibility index (Phi) is 4.10. The minimum absolute atomic E-state index is 0.0166. The van der Waals surface area contributed by atoms with Gasteiger partial charge in [-0.3, -0.25) is 4.72 Å². The van der Waals surface area contributed by atoms with Gasteiger partial charge in [-0.1, -0.05) is 6.07 Å². The molecule has 0 unspecified atom stereocenters. The summed E-state index contributed by atoms with van der Waals surface area (Å²) >= 11 is 5.53. The smallest absolute Gasteiger partial charge is 0.265 e. The average molecular weight is 314 g/mol. The summed E-state index contributed by atoms with van der Waals surface area (Å²) in [6, 6.07) is 5.18. The van der Waals surface area contributed by atoms with Gasteiger partial charge in [0.2, 0.25) is 5.28 Å². The molecule has 0 aliphatic carbocycles. The zero-order valence-corrected chi connectivity index (χ0v) is 12.4. The molecule has 2 aromatic rings. The number of nitrogens with one attached hydrogen (secondary N) is 1. The molecule has 106 valence electrons. The van der Waals surface area contributed by atoms with Crippen LogP contribution in [0.2, 0.25) is 5.28 Å². The number of hydrogen-bond acceptors (Lipinski definition) is 5. The van der Waals surface area contributed by atoms with E-state index in [1.165, 1.54) is 7.11 Å². The summed E-state index contributed by atoms with van der Waals surface area (Å²) < 4.78 is 32.0. The van der Waals surface area contributed by atoms with Gasteiger partial charge in [0.05, 0.1) is 25.2 Å². The van der Waals surface area contributed by atoms with E-state index in [2.05, 4.69) is 14.7 Å². The number of halogens is 1. The van der Waals surface area contributed by atoms with Crippen molar-refractivity contribution in [3.8, 4) is 5.75 Å². The SMILES string of the molecule is COc1ccc(C)cc1NS(=O)(=O)c1cnc(Cl)nc1. The van der Waals surface area contributed by atoms with Crippen molar-refractivity contribution in [1.29, 1.82) is 0 Å². The molecule has 6 nitrogen and oxygen atoms in total. The molecule has 0 saturated heterocycles. The number of nitrogens with zero attached hydrogens (tertiary/aromatic N) is 2. The van der Waals surface area contributed by atoms with Crippen molar-refractivity contribution in [3.63, 3.8) is 0 Å². The van der Waals surface area contributed by atoms with Crippen LogP contribution in [0.25, 0.3) is 0 Å². The van der Waals surface area contributed by atoms with Crippen molar-refractivity contribution in [3.05, 3.63) is 41.4 Å². The standard InChI is InChI=1S/C12H12ClN3O3S/c1-8-3-4-11(19-2)10(5-8)16-20(17,18)9-6-14-12(13)15-7-9/h3-7,16H,1-2H3. The van der Waals surface area contributed by atoms with Crippen molar-refractivity contribution in [2.24, 2.45) is 0 Å². The van der Waals surface area contributed by atoms with Crippen LogP contribution in [0.1, 0.15) is 5.56 Å². The molecule has 1 heterocycles. The number of anilines is 1. The molecule has 8 heteroatoms. The maximum Gasteiger partial charge on any atom is 0.265 e. The van der Waals surface area contributed by atoms with E-state index in [1.54, 1.807) is 12.1 Å².